The quantitative estimate of drug-likeness (QED) is 0.794. The topological polar surface area (TPSA) is 75.7 Å². The summed E-state index contributed by atoms with van der Waals surface area (Å²) >= 11 is 1.26. The molecule has 0 aliphatic carbocycles. The molecule has 1 N–H and O–H groups in total. The number of carbonyl (C=O) groups excluding carboxylic acids is 1. The number of nitrogens with zero attached hydrogens (tertiary/aromatic N) is 1. The molecule has 2 aromatic rings. The van der Waals surface area contributed by atoms with Gasteiger partial charge in [-0.2, -0.15) is 4.31 Å². The van der Waals surface area contributed by atoms with E-state index in [1.807, 2.05) is 13.8 Å². The molecule has 1 amide bonds. The number of nitrogens with one attached hydrogen (secondary N) is 1. The monoisotopic (exact) mass is 408 g/mol. The molecule has 0 spiro atoms. The molecule has 0 unspecified atom stereocenters. The Labute approximate surface area is 164 Å². The van der Waals surface area contributed by atoms with E-state index >= 15 is 0 Å². The predicted octanol–water partition coefficient (Wildman–Crippen LogP) is 3.49. The van der Waals surface area contributed by atoms with Crippen LogP contribution in [-0.4, -0.2) is 38.3 Å². The number of ether oxygens (including phenoxy) is 1. The highest BCUT2D eigenvalue weighted by atomic mass is 32.2. The molecule has 1 aliphatic rings. The lowest BCUT2D eigenvalue weighted by Crippen LogP contribution is -2.43. The lowest BCUT2D eigenvalue weighted by molar-refractivity contribution is -0.120. The number of amides is 1. The minimum Gasteiger partial charge on any atom is -0.494 e. The van der Waals surface area contributed by atoms with Crippen LogP contribution in [0.1, 0.15) is 24.6 Å². The van der Waals surface area contributed by atoms with Crippen LogP contribution in [0.3, 0.4) is 0 Å². The van der Waals surface area contributed by atoms with Gasteiger partial charge in [0.05, 0.1) is 12.5 Å². The summed E-state index contributed by atoms with van der Waals surface area (Å²) in [5.74, 6) is 0.235. The fourth-order valence-corrected chi connectivity index (χ4v) is 6.06. The molecule has 0 bridgehead atoms. The van der Waals surface area contributed by atoms with E-state index in [2.05, 4.69) is 5.32 Å². The number of thiophene rings is 1. The summed E-state index contributed by atoms with van der Waals surface area (Å²) < 4.78 is 32.8. The SMILES string of the molecule is CCOc1ccc(NC(=O)[C@H]2CCCN(S(=O)(=O)c3ccc(C)s3)C2)cc1. The maximum atomic E-state index is 12.8. The number of aryl methyl sites for hydroxylation is 1. The molecule has 1 aromatic carbocycles. The van der Waals surface area contributed by atoms with Crippen LogP contribution in [0.5, 0.6) is 5.75 Å². The van der Waals surface area contributed by atoms with E-state index in [4.69, 9.17) is 4.74 Å². The largest absolute Gasteiger partial charge is 0.494 e. The summed E-state index contributed by atoms with van der Waals surface area (Å²) in [7, 11) is -3.54. The Bertz CT molecular complexity index is 891. The van der Waals surface area contributed by atoms with Crippen LogP contribution in [0.15, 0.2) is 40.6 Å². The molecule has 27 heavy (non-hydrogen) atoms. The number of sulfonamides is 1. The van der Waals surface area contributed by atoms with E-state index in [9.17, 15) is 13.2 Å². The minimum absolute atomic E-state index is 0.151. The normalized spacial score (nSPS) is 18.2. The van der Waals surface area contributed by atoms with Crippen LogP contribution in [-0.2, 0) is 14.8 Å². The fraction of sp³-hybridized carbons (Fsp3) is 0.421. The summed E-state index contributed by atoms with van der Waals surface area (Å²) in [5.41, 5.74) is 0.678. The maximum Gasteiger partial charge on any atom is 0.252 e. The Morgan fingerprint density at radius 2 is 2.00 bits per heavy atom. The van der Waals surface area contributed by atoms with Crippen LogP contribution >= 0.6 is 11.3 Å². The summed E-state index contributed by atoms with van der Waals surface area (Å²) in [4.78, 5) is 13.6. The highest BCUT2D eigenvalue weighted by Gasteiger charge is 2.34. The van der Waals surface area contributed by atoms with Crippen molar-refractivity contribution in [1.82, 2.24) is 4.31 Å². The first-order valence-electron chi connectivity index (χ1n) is 9.00. The summed E-state index contributed by atoms with van der Waals surface area (Å²) in [6.07, 6.45) is 1.35. The van der Waals surface area contributed by atoms with Crippen molar-refractivity contribution in [2.24, 2.45) is 5.92 Å². The smallest absolute Gasteiger partial charge is 0.252 e. The number of carbonyl (C=O) groups is 1. The van der Waals surface area contributed by atoms with Gasteiger partial charge in [-0.1, -0.05) is 0 Å². The van der Waals surface area contributed by atoms with Gasteiger partial charge in [0, 0.05) is 23.7 Å². The maximum absolute atomic E-state index is 12.8. The second kappa shape index (κ2) is 8.41. The molecule has 1 atom stereocenters. The van der Waals surface area contributed by atoms with Gasteiger partial charge in [-0.15, -0.1) is 11.3 Å². The van der Waals surface area contributed by atoms with Gasteiger partial charge in [-0.3, -0.25) is 4.79 Å². The Kier molecular flexibility index (Phi) is 6.18. The van der Waals surface area contributed by atoms with E-state index in [0.29, 0.717) is 35.9 Å². The zero-order valence-corrected chi connectivity index (χ0v) is 17.1. The second-order valence-electron chi connectivity index (χ2n) is 6.51. The zero-order valence-electron chi connectivity index (χ0n) is 15.5. The van der Waals surface area contributed by atoms with Crippen molar-refractivity contribution < 1.29 is 17.9 Å². The molecule has 3 rings (SSSR count). The van der Waals surface area contributed by atoms with Gasteiger partial charge in [-0.25, -0.2) is 8.42 Å². The van der Waals surface area contributed by atoms with Crippen LogP contribution in [0.2, 0.25) is 0 Å². The Morgan fingerprint density at radius 3 is 2.63 bits per heavy atom. The third-order valence-corrected chi connectivity index (χ3v) is 7.83. The van der Waals surface area contributed by atoms with Crippen molar-refractivity contribution in [3.05, 3.63) is 41.3 Å². The van der Waals surface area contributed by atoms with Crippen molar-refractivity contribution in [2.45, 2.75) is 30.9 Å². The van der Waals surface area contributed by atoms with Crippen molar-refractivity contribution in [3.63, 3.8) is 0 Å². The van der Waals surface area contributed by atoms with Crippen molar-refractivity contribution in [2.75, 3.05) is 25.0 Å². The third-order valence-electron chi connectivity index (χ3n) is 4.50. The first kappa shape index (κ1) is 19.9. The molecule has 6 nitrogen and oxygen atoms in total. The highest BCUT2D eigenvalue weighted by Crippen LogP contribution is 2.28. The van der Waals surface area contributed by atoms with Gasteiger partial charge in [0.1, 0.15) is 9.96 Å². The number of rotatable bonds is 6. The van der Waals surface area contributed by atoms with Crippen LogP contribution in [0.25, 0.3) is 0 Å². The zero-order chi connectivity index (χ0) is 19.4. The molecule has 146 valence electrons. The highest BCUT2D eigenvalue weighted by molar-refractivity contribution is 7.91. The summed E-state index contributed by atoms with van der Waals surface area (Å²) in [5, 5.41) is 2.88. The Hall–Kier alpha value is -1.90. The number of hydrogen-bond donors (Lipinski definition) is 1. The van der Waals surface area contributed by atoms with E-state index in [1.165, 1.54) is 15.6 Å². The van der Waals surface area contributed by atoms with Gasteiger partial charge < -0.3 is 10.1 Å². The van der Waals surface area contributed by atoms with Gasteiger partial charge >= 0.3 is 0 Å². The lowest BCUT2D eigenvalue weighted by atomic mass is 9.99. The van der Waals surface area contributed by atoms with Crippen LogP contribution in [0, 0.1) is 12.8 Å². The lowest BCUT2D eigenvalue weighted by Gasteiger charge is -2.30. The first-order chi connectivity index (χ1) is 12.9. The molecule has 1 aromatic heterocycles. The molecule has 8 heteroatoms. The van der Waals surface area contributed by atoms with Crippen LogP contribution < -0.4 is 10.1 Å². The average Bonchev–Trinajstić information content (AvgIpc) is 3.11. The van der Waals surface area contributed by atoms with E-state index in [-0.39, 0.29) is 18.4 Å². The Balaban J connectivity index is 1.65. The fourth-order valence-electron chi connectivity index (χ4n) is 3.10. The van der Waals surface area contributed by atoms with Crippen molar-refractivity contribution in [3.8, 4) is 5.75 Å². The Morgan fingerprint density at radius 1 is 1.26 bits per heavy atom. The average molecular weight is 409 g/mol. The van der Waals surface area contributed by atoms with Crippen LogP contribution in [0.4, 0.5) is 5.69 Å². The number of benzene rings is 1. The molecule has 2 heterocycles. The van der Waals surface area contributed by atoms with E-state index < -0.39 is 10.0 Å². The summed E-state index contributed by atoms with van der Waals surface area (Å²) in [6.45, 7) is 5.04. The molecule has 0 radical (unpaired) electrons. The number of piperidine rings is 1. The number of hydrogen-bond acceptors (Lipinski definition) is 5. The second-order valence-corrected chi connectivity index (χ2v) is 9.97. The molecule has 1 saturated heterocycles. The van der Waals surface area contributed by atoms with Gasteiger partial charge in [-0.05, 0) is 63.1 Å². The van der Waals surface area contributed by atoms with Gasteiger partial charge in [0.25, 0.3) is 10.0 Å². The minimum atomic E-state index is -3.54. The first-order valence-corrected chi connectivity index (χ1v) is 11.3. The van der Waals surface area contributed by atoms with Crippen molar-refractivity contribution >= 4 is 33.0 Å². The van der Waals surface area contributed by atoms with E-state index in [0.717, 1.165) is 10.6 Å². The molecular formula is C19H24N2O4S2. The predicted molar refractivity (Wildman–Crippen MR) is 107 cm³/mol. The molecule has 1 aliphatic heterocycles. The van der Waals surface area contributed by atoms with Gasteiger partial charge in [0.2, 0.25) is 5.91 Å². The van der Waals surface area contributed by atoms with Gasteiger partial charge in [0.15, 0.2) is 0 Å². The van der Waals surface area contributed by atoms with E-state index in [1.54, 1.807) is 36.4 Å². The molecule has 0 saturated carbocycles. The molecule has 1 fully saturated rings. The molecular weight excluding hydrogens is 384 g/mol. The standard InChI is InChI=1S/C19H24N2O4S2/c1-3-25-17-9-7-16(8-10-17)20-19(22)15-5-4-12-21(13-15)27(23,24)18-11-6-14(2)26-18/h6-11,15H,3-5,12-13H2,1-2H3,(H,20,22)/t15-/m0/s1. The summed E-state index contributed by atoms with van der Waals surface area (Å²) in [6, 6.07) is 10.6. The van der Waals surface area contributed by atoms with Crippen molar-refractivity contribution in [1.29, 1.82) is 0 Å². The third kappa shape index (κ3) is 4.69. The number of anilines is 1.